The topological polar surface area (TPSA) is 43.4 Å². The van der Waals surface area contributed by atoms with Crippen LogP contribution in [0.5, 0.6) is 0 Å². The van der Waals surface area contributed by atoms with E-state index in [-0.39, 0.29) is 6.10 Å². The molecule has 2 atom stereocenters. The summed E-state index contributed by atoms with van der Waals surface area (Å²) < 4.78 is 10.7. The molecule has 1 aromatic heterocycles. The van der Waals surface area contributed by atoms with Gasteiger partial charge in [-0.05, 0) is 6.42 Å². The molecule has 14 heavy (non-hydrogen) atoms. The Balaban J connectivity index is 1.94. The first-order valence-corrected chi connectivity index (χ1v) is 5.54. The zero-order chi connectivity index (χ0) is 9.80. The molecule has 0 bridgehead atoms. The van der Waals surface area contributed by atoms with Crippen LogP contribution in [0.25, 0.3) is 0 Å². The number of hydrogen-bond donors (Lipinski definition) is 1. The summed E-state index contributed by atoms with van der Waals surface area (Å²) in [4.78, 5) is 4.19. The fraction of sp³-hybridized carbons (Fsp3) is 0.667. The second-order valence-corrected chi connectivity index (χ2v) is 4.12. The average Bonchev–Trinajstić information content (AvgIpc) is 2.71. The fourth-order valence-corrected chi connectivity index (χ4v) is 2.15. The van der Waals surface area contributed by atoms with Gasteiger partial charge in [-0.3, -0.25) is 0 Å². The van der Waals surface area contributed by atoms with Crippen molar-refractivity contribution in [1.29, 1.82) is 0 Å². The molecule has 78 valence electrons. The maximum atomic E-state index is 5.34. The van der Waals surface area contributed by atoms with Gasteiger partial charge in [0.05, 0.1) is 12.6 Å². The fourth-order valence-electron chi connectivity index (χ4n) is 1.56. The SMILES string of the molecule is COC1COCCC1Nc1nccs1. The van der Waals surface area contributed by atoms with Crippen LogP contribution >= 0.6 is 11.3 Å². The van der Waals surface area contributed by atoms with Crippen LogP contribution in [-0.2, 0) is 9.47 Å². The predicted octanol–water partition coefficient (Wildman–Crippen LogP) is 1.36. The summed E-state index contributed by atoms with van der Waals surface area (Å²) in [5.41, 5.74) is 0. The molecular weight excluding hydrogens is 200 g/mol. The molecule has 0 spiro atoms. The van der Waals surface area contributed by atoms with E-state index in [9.17, 15) is 0 Å². The van der Waals surface area contributed by atoms with E-state index in [0.717, 1.165) is 18.2 Å². The van der Waals surface area contributed by atoms with Crippen LogP contribution in [0.3, 0.4) is 0 Å². The van der Waals surface area contributed by atoms with E-state index in [0.29, 0.717) is 12.6 Å². The molecule has 0 aromatic carbocycles. The largest absolute Gasteiger partial charge is 0.379 e. The first-order chi connectivity index (χ1) is 6.90. The van der Waals surface area contributed by atoms with E-state index < -0.39 is 0 Å². The highest BCUT2D eigenvalue weighted by molar-refractivity contribution is 7.13. The number of anilines is 1. The number of nitrogens with zero attached hydrogens (tertiary/aromatic N) is 1. The summed E-state index contributed by atoms with van der Waals surface area (Å²) >= 11 is 1.61. The lowest BCUT2D eigenvalue weighted by Crippen LogP contribution is -2.43. The van der Waals surface area contributed by atoms with Gasteiger partial charge in [0.15, 0.2) is 5.13 Å². The van der Waals surface area contributed by atoms with Crippen molar-refractivity contribution in [2.75, 3.05) is 25.6 Å². The van der Waals surface area contributed by atoms with Gasteiger partial charge in [0.25, 0.3) is 0 Å². The number of hydrogen-bond acceptors (Lipinski definition) is 5. The van der Waals surface area contributed by atoms with Gasteiger partial charge in [0.2, 0.25) is 0 Å². The smallest absolute Gasteiger partial charge is 0.182 e. The number of ether oxygens (including phenoxy) is 2. The molecule has 5 heteroatoms. The lowest BCUT2D eigenvalue weighted by molar-refractivity contribution is -0.0366. The molecule has 0 radical (unpaired) electrons. The van der Waals surface area contributed by atoms with Gasteiger partial charge in [-0.1, -0.05) is 0 Å². The second-order valence-electron chi connectivity index (χ2n) is 3.23. The normalized spacial score (nSPS) is 27.5. The minimum Gasteiger partial charge on any atom is -0.379 e. The summed E-state index contributed by atoms with van der Waals surface area (Å²) in [7, 11) is 1.72. The third-order valence-corrected chi connectivity index (χ3v) is 3.05. The minimum atomic E-state index is 0.132. The van der Waals surface area contributed by atoms with Gasteiger partial charge in [-0.2, -0.15) is 0 Å². The lowest BCUT2D eigenvalue weighted by atomic mass is 10.1. The van der Waals surface area contributed by atoms with Gasteiger partial charge >= 0.3 is 0 Å². The molecule has 2 unspecified atom stereocenters. The third-order valence-electron chi connectivity index (χ3n) is 2.35. The molecule has 1 aliphatic rings. The number of nitrogens with one attached hydrogen (secondary N) is 1. The second kappa shape index (κ2) is 4.72. The predicted molar refractivity (Wildman–Crippen MR) is 55.8 cm³/mol. The van der Waals surface area contributed by atoms with Gasteiger partial charge in [0, 0.05) is 25.3 Å². The Labute approximate surface area is 87.3 Å². The van der Waals surface area contributed by atoms with E-state index in [1.165, 1.54) is 0 Å². The number of rotatable bonds is 3. The Morgan fingerprint density at radius 1 is 1.71 bits per heavy atom. The quantitative estimate of drug-likeness (QED) is 0.825. The van der Waals surface area contributed by atoms with Crippen LogP contribution in [0.15, 0.2) is 11.6 Å². The average molecular weight is 214 g/mol. The zero-order valence-corrected chi connectivity index (χ0v) is 8.92. The summed E-state index contributed by atoms with van der Waals surface area (Å²) in [6, 6.07) is 0.319. The van der Waals surface area contributed by atoms with Crippen molar-refractivity contribution in [2.24, 2.45) is 0 Å². The van der Waals surface area contributed by atoms with Gasteiger partial charge in [-0.25, -0.2) is 4.98 Å². The van der Waals surface area contributed by atoms with E-state index in [4.69, 9.17) is 9.47 Å². The van der Waals surface area contributed by atoms with Crippen molar-refractivity contribution in [3.05, 3.63) is 11.6 Å². The summed E-state index contributed by atoms with van der Waals surface area (Å²) in [5.74, 6) is 0. The van der Waals surface area contributed by atoms with Crippen molar-refractivity contribution >= 4 is 16.5 Å². The molecule has 1 N–H and O–H groups in total. The highest BCUT2D eigenvalue weighted by Gasteiger charge is 2.25. The minimum absolute atomic E-state index is 0.132. The van der Waals surface area contributed by atoms with Crippen LogP contribution in [0.1, 0.15) is 6.42 Å². The zero-order valence-electron chi connectivity index (χ0n) is 8.10. The van der Waals surface area contributed by atoms with Crippen molar-refractivity contribution in [1.82, 2.24) is 4.98 Å². The summed E-state index contributed by atoms with van der Waals surface area (Å²) in [6.07, 6.45) is 2.90. The number of aromatic nitrogens is 1. The van der Waals surface area contributed by atoms with Crippen LogP contribution in [-0.4, -0.2) is 37.5 Å². The summed E-state index contributed by atoms with van der Waals surface area (Å²) in [5, 5.41) is 6.28. The van der Waals surface area contributed by atoms with Gasteiger partial charge in [0.1, 0.15) is 6.10 Å². The van der Waals surface area contributed by atoms with E-state index in [2.05, 4.69) is 10.3 Å². The Morgan fingerprint density at radius 3 is 3.36 bits per heavy atom. The molecule has 1 saturated heterocycles. The van der Waals surface area contributed by atoms with E-state index >= 15 is 0 Å². The molecule has 1 aromatic rings. The van der Waals surface area contributed by atoms with Crippen LogP contribution in [0.2, 0.25) is 0 Å². The molecular formula is C9H14N2O2S. The molecule has 0 saturated carbocycles. The van der Waals surface area contributed by atoms with Gasteiger partial charge < -0.3 is 14.8 Å². The Kier molecular flexibility index (Phi) is 3.34. The molecule has 2 rings (SSSR count). The van der Waals surface area contributed by atoms with Crippen molar-refractivity contribution < 1.29 is 9.47 Å². The Bertz CT molecular complexity index is 266. The molecule has 1 fully saturated rings. The molecule has 4 nitrogen and oxygen atoms in total. The van der Waals surface area contributed by atoms with Crippen molar-refractivity contribution in [3.63, 3.8) is 0 Å². The first-order valence-electron chi connectivity index (χ1n) is 4.66. The first kappa shape index (κ1) is 9.89. The van der Waals surface area contributed by atoms with Crippen molar-refractivity contribution in [3.8, 4) is 0 Å². The maximum Gasteiger partial charge on any atom is 0.182 e. The van der Waals surface area contributed by atoms with E-state index in [1.54, 1.807) is 24.6 Å². The molecule has 0 aliphatic carbocycles. The molecule has 2 heterocycles. The third kappa shape index (κ3) is 2.23. The van der Waals surface area contributed by atoms with E-state index in [1.807, 2.05) is 5.38 Å². The molecule has 0 amide bonds. The lowest BCUT2D eigenvalue weighted by Gasteiger charge is -2.30. The number of thiazole rings is 1. The van der Waals surface area contributed by atoms with Crippen LogP contribution in [0, 0.1) is 0 Å². The number of methoxy groups -OCH3 is 1. The van der Waals surface area contributed by atoms with Gasteiger partial charge in [-0.15, -0.1) is 11.3 Å². The highest BCUT2D eigenvalue weighted by Crippen LogP contribution is 2.18. The summed E-state index contributed by atoms with van der Waals surface area (Å²) in [6.45, 7) is 1.46. The maximum absolute atomic E-state index is 5.34. The standard InChI is InChI=1S/C9H14N2O2S/c1-12-8-6-13-4-2-7(8)11-9-10-3-5-14-9/h3,5,7-8H,2,4,6H2,1H3,(H,10,11). The van der Waals surface area contributed by atoms with Crippen LogP contribution in [0.4, 0.5) is 5.13 Å². The van der Waals surface area contributed by atoms with Crippen molar-refractivity contribution in [2.45, 2.75) is 18.6 Å². The highest BCUT2D eigenvalue weighted by atomic mass is 32.1. The monoisotopic (exact) mass is 214 g/mol. The Morgan fingerprint density at radius 2 is 2.64 bits per heavy atom. The van der Waals surface area contributed by atoms with Crippen LogP contribution < -0.4 is 5.32 Å². The Hall–Kier alpha value is -0.650. The molecule has 1 aliphatic heterocycles.